The summed E-state index contributed by atoms with van der Waals surface area (Å²) in [6, 6.07) is 0. The van der Waals surface area contributed by atoms with Crippen molar-refractivity contribution < 1.29 is 10.0 Å². The summed E-state index contributed by atoms with van der Waals surface area (Å²) in [7, 11) is -1.53. The quantitative estimate of drug-likeness (QED) is 0.635. The average Bonchev–Trinajstić information content (AvgIpc) is 2.71. The largest absolute Gasteiger partial charge is 0.491 e. The van der Waals surface area contributed by atoms with Gasteiger partial charge in [0, 0.05) is 29.4 Å². The molecule has 0 amide bonds. The molecule has 2 aromatic heterocycles. The van der Waals surface area contributed by atoms with Crippen LogP contribution in [-0.2, 0) is 0 Å². The van der Waals surface area contributed by atoms with Gasteiger partial charge in [0.25, 0.3) is 0 Å². The van der Waals surface area contributed by atoms with Gasteiger partial charge in [-0.2, -0.15) is 0 Å². The van der Waals surface area contributed by atoms with Crippen LogP contribution in [0.2, 0.25) is 0 Å². The molecule has 7 heteroatoms. The van der Waals surface area contributed by atoms with Crippen molar-refractivity contribution in [2.24, 2.45) is 0 Å². The molecule has 14 heavy (non-hydrogen) atoms. The third-order valence-corrected chi connectivity index (χ3v) is 2.36. The second-order valence-corrected chi connectivity index (χ2v) is 3.45. The third-order valence-electron chi connectivity index (χ3n) is 1.59. The number of thiazole rings is 1. The summed E-state index contributed by atoms with van der Waals surface area (Å²) in [6.07, 6.45) is 4.40. The van der Waals surface area contributed by atoms with Crippen LogP contribution in [-0.4, -0.2) is 32.1 Å². The lowest BCUT2D eigenvalue weighted by atomic mass is 9.83. The Morgan fingerprint density at radius 1 is 1.14 bits per heavy atom. The monoisotopic (exact) mass is 207 g/mol. The van der Waals surface area contributed by atoms with Gasteiger partial charge in [-0.3, -0.25) is 0 Å². The van der Waals surface area contributed by atoms with Gasteiger partial charge in [-0.1, -0.05) is 0 Å². The zero-order valence-electron chi connectivity index (χ0n) is 7.03. The predicted octanol–water partition coefficient (Wildman–Crippen LogP) is -0.720. The van der Waals surface area contributed by atoms with Gasteiger partial charge in [-0.05, 0) is 0 Å². The van der Waals surface area contributed by atoms with Crippen LogP contribution < -0.4 is 5.46 Å². The van der Waals surface area contributed by atoms with E-state index in [0.717, 1.165) is 0 Å². The first-order valence-electron chi connectivity index (χ1n) is 3.85. The number of rotatable bonds is 2. The molecule has 0 aliphatic rings. The maximum Gasteiger partial charge on any atom is 0.491 e. The van der Waals surface area contributed by atoms with E-state index >= 15 is 0 Å². The van der Waals surface area contributed by atoms with E-state index < -0.39 is 7.12 Å². The van der Waals surface area contributed by atoms with Gasteiger partial charge in [0.15, 0.2) is 10.8 Å². The second-order valence-electron chi connectivity index (χ2n) is 2.55. The number of hydrogen-bond acceptors (Lipinski definition) is 6. The summed E-state index contributed by atoms with van der Waals surface area (Å²) >= 11 is 1.43. The first-order valence-corrected chi connectivity index (χ1v) is 4.73. The number of nitrogens with zero attached hydrogens (tertiary/aromatic N) is 3. The lowest BCUT2D eigenvalue weighted by Gasteiger charge is -1.98. The SMILES string of the molecule is OB(O)c1cnc(-c2nccs2)nc1. The minimum Gasteiger partial charge on any atom is -0.423 e. The third kappa shape index (κ3) is 1.79. The fourth-order valence-corrected chi connectivity index (χ4v) is 1.50. The molecule has 0 bridgehead atoms. The van der Waals surface area contributed by atoms with Crippen molar-refractivity contribution in [3.05, 3.63) is 24.0 Å². The molecule has 0 atom stereocenters. The van der Waals surface area contributed by atoms with Crippen molar-refractivity contribution >= 4 is 23.9 Å². The molecular formula is C7H6BN3O2S. The fraction of sp³-hybridized carbons (Fsp3) is 0. The Morgan fingerprint density at radius 2 is 1.86 bits per heavy atom. The first kappa shape index (κ1) is 9.26. The Bertz CT molecular complexity index is 403. The van der Waals surface area contributed by atoms with E-state index in [9.17, 15) is 0 Å². The van der Waals surface area contributed by atoms with Crippen molar-refractivity contribution in [3.63, 3.8) is 0 Å². The number of aromatic nitrogens is 3. The van der Waals surface area contributed by atoms with E-state index in [1.807, 2.05) is 5.38 Å². The van der Waals surface area contributed by atoms with E-state index in [0.29, 0.717) is 10.8 Å². The molecule has 2 heterocycles. The Morgan fingerprint density at radius 3 is 2.36 bits per heavy atom. The molecule has 0 aliphatic carbocycles. The van der Waals surface area contributed by atoms with Gasteiger partial charge in [-0.25, -0.2) is 15.0 Å². The van der Waals surface area contributed by atoms with E-state index in [4.69, 9.17) is 10.0 Å². The molecule has 0 radical (unpaired) electrons. The van der Waals surface area contributed by atoms with E-state index in [1.54, 1.807) is 6.20 Å². The molecule has 0 aromatic carbocycles. The Hall–Kier alpha value is -1.31. The van der Waals surface area contributed by atoms with Gasteiger partial charge >= 0.3 is 7.12 Å². The highest BCUT2D eigenvalue weighted by molar-refractivity contribution is 7.12. The van der Waals surface area contributed by atoms with Gasteiger partial charge in [0.05, 0.1) is 0 Å². The molecular weight excluding hydrogens is 201 g/mol. The molecule has 2 aromatic rings. The van der Waals surface area contributed by atoms with E-state index in [1.165, 1.54) is 23.7 Å². The van der Waals surface area contributed by atoms with Crippen molar-refractivity contribution in [2.75, 3.05) is 0 Å². The van der Waals surface area contributed by atoms with Gasteiger partial charge in [0.2, 0.25) is 0 Å². The Labute approximate surface area is 84.3 Å². The molecule has 0 unspecified atom stereocenters. The molecule has 70 valence electrons. The molecule has 0 aliphatic heterocycles. The summed E-state index contributed by atoms with van der Waals surface area (Å²) in [6.45, 7) is 0. The van der Waals surface area contributed by atoms with Gasteiger partial charge in [0.1, 0.15) is 0 Å². The minimum atomic E-state index is -1.53. The maximum atomic E-state index is 8.81. The number of hydrogen-bond donors (Lipinski definition) is 2. The molecule has 0 saturated heterocycles. The summed E-state index contributed by atoms with van der Waals surface area (Å²) in [5, 5.41) is 20.2. The summed E-state index contributed by atoms with van der Waals surface area (Å²) < 4.78 is 0. The van der Waals surface area contributed by atoms with E-state index in [-0.39, 0.29) is 5.46 Å². The summed E-state index contributed by atoms with van der Waals surface area (Å²) in [5.41, 5.74) is 0.269. The zero-order chi connectivity index (χ0) is 9.97. The zero-order valence-corrected chi connectivity index (χ0v) is 7.85. The van der Waals surface area contributed by atoms with Crippen LogP contribution in [0.25, 0.3) is 10.8 Å². The van der Waals surface area contributed by atoms with Crippen LogP contribution in [0.4, 0.5) is 0 Å². The molecule has 2 rings (SSSR count). The van der Waals surface area contributed by atoms with Crippen LogP contribution in [0.3, 0.4) is 0 Å². The highest BCUT2D eigenvalue weighted by Gasteiger charge is 2.12. The Kier molecular flexibility index (Phi) is 2.53. The first-order chi connectivity index (χ1) is 6.77. The maximum absolute atomic E-state index is 8.81. The molecule has 0 saturated carbocycles. The highest BCUT2D eigenvalue weighted by atomic mass is 32.1. The minimum absolute atomic E-state index is 0.269. The van der Waals surface area contributed by atoms with Gasteiger partial charge in [-0.15, -0.1) is 11.3 Å². The smallest absolute Gasteiger partial charge is 0.423 e. The second kappa shape index (κ2) is 3.83. The topological polar surface area (TPSA) is 79.1 Å². The van der Waals surface area contributed by atoms with Crippen molar-refractivity contribution in [3.8, 4) is 10.8 Å². The fourth-order valence-electron chi connectivity index (χ4n) is 0.916. The van der Waals surface area contributed by atoms with Crippen molar-refractivity contribution in [1.29, 1.82) is 0 Å². The average molecular weight is 207 g/mol. The van der Waals surface area contributed by atoms with Crippen LogP contribution in [0.15, 0.2) is 24.0 Å². The lowest BCUT2D eigenvalue weighted by molar-refractivity contribution is 0.425. The van der Waals surface area contributed by atoms with Crippen molar-refractivity contribution in [2.45, 2.75) is 0 Å². The van der Waals surface area contributed by atoms with Crippen LogP contribution >= 0.6 is 11.3 Å². The van der Waals surface area contributed by atoms with Crippen LogP contribution in [0.1, 0.15) is 0 Å². The summed E-state index contributed by atoms with van der Waals surface area (Å²) in [4.78, 5) is 11.9. The Balaban J connectivity index is 2.31. The summed E-state index contributed by atoms with van der Waals surface area (Å²) in [5.74, 6) is 0.490. The standard InChI is InChI=1S/C7H6BN3O2S/c12-8(13)5-3-10-6(11-4-5)7-9-1-2-14-7/h1-4,12-13H. The molecule has 5 nitrogen and oxygen atoms in total. The lowest BCUT2D eigenvalue weighted by Crippen LogP contribution is -2.30. The molecule has 0 spiro atoms. The van der Waals surface area contributed by atoms with Crippen LogP contribution in [0, 0.1) is 0 Å². The van der Waals surface area contributed by atoms with Crippen LogP contribution in [0.5, 0.6) is 0 Å². The van der Waals surface area contributed by atoms with Crippen molar-refractivity contribution in [1.82, 2.24) is 15.0 Å². The molecule has 2 N–H and O–H groups in total. The van der Waals surface area contributed by atoms with E-state index in [2.05, 4.69) is 15.0 Å². The highest BCUT2D eigenvalue weighted by Crippen LogP contribution is 2.15. The molecule has 0 fully saturated rings. The normalized spacial score (nSPS) is 10.1. The van der Waals surface area contributed by atoms with Gasteiger partial charge < -0.3 is 10.0 Å². The predicted molar refractivity (Wildman–Crippen MR) is 53.0 cm³/mol.